The lowest BCUT2D eigenvalue weighted by atomic mass is 10.3. The van der Waals surface area contributed by atoms with Gasteiger partial charge in [0.2, 0.25) is 15.9 Å². The van der Waals surface area contributed by atoms with Gasteiger partial charge in [0.1, 0.15) is 10.7 Å². The van der Waals surface area contributed by atoms with Gasteiger partial charge in [0.15, 0.2) is 0 Å². The summed E-state index contributed by atoms with van der Waals surface area (Å²) in [5.74, 6) is -0.922. The Morgan fingerprint density at radius 1 is 1.12 bits per heavy atom. The van der Waals surface area contributed by atoms with Gasteiger partial charge in [0.05, 0.1) is 0 Å². The maximum atomic E-state index is 13.8. The number of hydrogen-bond donors (Lipinski definition) is 0. The molecule has 8 heteroatoms. The normalized spacial score (nSPS) is 16.4. The van der Waals surface area contributed by atoms with Crippen molar-refractivity contribution in [1.82, 2.24) is 9.21 Å². The minimum absolute atomic E-state index is 0.148. The van der Waals surface area contributed by atoms with Crippen LogP contribution in [0.25, 0.3) is 6.08 Å². The van der Waals surface area contributed by atoms with Gasteiger partial charge in [-0.25, -0.2) is 12.8 Å². The van der Waals surface area contributed by atoms with Gasteiger partial charge < -0.3 is 4.90 Å². The molecule has 1 aromatic carbocycles. The van der Waals surface area contributed by atoms with E-state index in [2.05, 4.69) is 0 Å². The first-order valence-corrected chi connectivity index (χ1v) is 10.1. The third kappa shape index (κ3) is 3.97. The van der Waals surface area contributed by atoms with Crippen molar-refractivity contribution in [3.63, 3.8) is 0 Å². The summed E-state index contributed by atoms with van der Waals surface area (Å²) in [7, 11) is -3.89. The summed E-state index contributed by atoms with van der Waals surface area (Å²) < 4.78 is 40.1. The van der Waals surface area contributed by atoms with E-state index in [1.165, 1.54) is 28.6 Å². The predicted molar refractivity (Wildman–Crippen MR) is 95.1 cm³/mol. The Labute approximate surface area is 150 Å². The fourth-order valence-corrected chi connectivity index (χ4v) is 4.70. The molecule has 1 amide bonds. The predicted octanol–water partition coefficient (Wildman–Crippen LogP) is 2.43. The van der Waals surface area contributed by atoms with E-state index in [1.807, 2.05) is 16.8 Å². The number of nitrogens with zero attached hydrogens (tertiary/aromatic N) is 2. The number of carbonyl (C=O) groups is 1. The van der Waals surface area contributed by atoms with Crippen molar-refractivity contribution in [2.75, 3.05) is 26.2 Å². The van der Waals surface area contributed by atoms with Crippen LogP contribution in [0.1, 0.15) is 5.56 Å². The molecule has 132 valence electrons. The Morgan fingerprint density at radius 2 is 1.84 bits per heavy atom. The molecule has 1 aromatic heterocycles. The van der Waals surface area contributed by atoms with Crippen molar-refractivity contribution in [1.29, 1.82) is 0 Å². The topological polar surface area (TPSA) is 57.7 Å². The first-order valence-electron chi connectivity index (χ1n) is 7.72. The Kier molecular flexibility index (Phi) is 5.31. The molecule has 5 nitrogen and oxygen atoms in total. The maximum Gasteiger partial charge on any atom is 0.246 e. The molecular formula is C17H17FN2O3S2. The van der Waals surface area contributed by atoms with E-state index >= 15 is 0 Å². The van der Waals surface area contributed by atoms with Crippen LogP contribution in [0.2, 0.25) is 0 Å². The Morgan fingerprint density at radius 3 is 2.48 bits per heavy atom. The monoisotopic (exact) mass is 380 g/mol. The number of rotatable bonds is 4. The molecule has 2 heterocycles. The lowest BCUT2D eigenvalue weighted by Gasteiger charge is -2.33. The molecule has 3 rings (SSSR count). The van der Waals surface area contributed by atoms with Crippen molar-refractivity contribution in [2.24, 2.45) is 0 Å². The van der Waals surface area contributed by atoms with Crippen LogP contribution in [0, 0.1) is 5.82 Å². The highest BCUT2D eigenvalue weighted by molar-refractivity contribution is 7.89. The molecule has 1 aliphatic rings. The Bertz CT molecular complexity index is 871. The SMILES string of the molecule is O=C(C=Cc1ccsc1)N1CCN(S(=O)(=O)c2ccccc2F)CC1. The van der Waals surface area contributed by atoms with Crippen LogP contribution in [-0.2, 0) is 14.8 Å². The first kappa shape index (κ1) is 17.8. The number of amides is 1. The summed E-state index contributed by atoms with van der Waals surface area (Å²) in [6.07, 6.45) is 3.23. The zero-order valence-corrected chi connectivity index (χ0v) is 15.0. The van der Waals surface area contributed by atoms with Crippen molar-refractivity contribution in [3.05, 3.63) is 58.5 Å². The zero-order chi connectivity index (χ0) is 17.9. The molecule has 25 heavy (non-hydrogen) atoms. The molecule has 0 spiro atoms. The average molecular weight is 380 g/mol. The summed E-state index contributed by atoms with van der Waals surface area (Å²) >= 11 is 1.55. The summed E-state index contributed by atoms with van der Waals surface area (Å²) in [6, 6.07) is 7.23. The number of benzene rings is 1. The van der Waals surface area contributed by atoms with Crippen molar-refractivity contribution >= 4 is 33.3 Å². The summed E-state index contributed by atoms with van der Waals surface area (Å²) in [5.41, 5.74) is 0.958. The fourth-order valence-electron chi connectivity index (χ4n) is 2.58. The van der Waals surface area contributed by atoms with Crippen molar-refractivity contribution in [2.45, 2.75) is 4.90 Å². The fraction of sp³-hybridized carbons (Fsp3) is 0.235. The molecule has 0 N–H and O–H groups in total. The van der Waals surface area contributed by atoms with Crippen LogP contribution in [0.4, 0.5) is 4.39 Å². The summed E-state index contributed by atoms with van der Waals surface area (Å²) in [6.45, 7) is 0.852. The highest BCUT2D eigenvalue weighted by atomic mass is 32.2. The summed E-state index contributed by atoms with van der Waals surface area (Å²) in [5, 5.41) is 3.86. The lowest BCUT2D eigenvalue weighted by Crippen LogP contribution is -2.50. The van der Waals surface area contributed by atoms with Gasteiger partial charge in [0.25, 0.3) is 0 Å². The van der Waals surface area contributed by atoms with Gasteiger partial charge in [-0.2, -0.15) is 15.6 Å². The van der Waals surface area contributed by atoms with Crippen molar-refractivity contribution in [3.8, 4) is 0 Å². The largest absolute Gasteiger partial charge is 0.337 e. The quantitative estimate of drug-likeness (QED) is 0.766. The Balaban J connectivity index is 1.63. The molecule has 1 aliphatic heterocycles. The van der Waals surface area contributed by atoms with Crippen LogP contribution in [-0.4, -0.2) is 49.7 Å². The molecule has 0 aliphatic carbocycles. The van der Waals surface area contributed by atoms with E-state index in [4.69, 9.17) is 0 Å². The van der Waals surface area contributed by atoms with E-state index < -0.39 is 15.8 Å². The average Bonchev–Trinajstić information content (AvgIpc) is 3.13. The van der Waals surface area contributed by atoms with Gasteiger partial charge in [-0.05, 0) is 40.6 Å². The van der Waals surface area contributed by atoms with E-state index in [1.54, 1.807) is 22.3 Å². The Hall–Kier alpha value is -2.03. The molecule has 0 radical (unpaired) electrons. The van der Waals surface area contributed by atoms with Crippen LogP contribution >= 0.6 is 11.3 Å². The minimum atomic E-state index is -3.89. The van der Waals surface area contributed by atoms with Gasteiger partial charge in [0, 0.05) is 32.3 Å². The number of piperazine rings is 1. The van der Waals surface area contributed by atoms with Crippen LogP contribution < -0.4 is 0 Å². The van der Waals surface area contributed by atoms with Gasteiger partial charge in [-0.1, -0.05) is 12.1 Å². The molecule has 0 unspecified atom stereocenters. The number of hydrogen-bond acceptors (Lipinski definition) is 4. The van der Waals surface area contributed by atoms with E-state index in [-0.39, 0.29) is 37.0 Å². The standard InChI is InChI=1S/C17H17FN2O3S2/c18-15-3-1-2-4-16(15)25(22,23)20-10-8-19(9-11-20)17(21)6-5-14-7-12-24-13-14/h1-7,12-13H,8-11H2. The van der Waals surface area contributed by atoms with E-state index in [0.29, 0.717) is 0 Å². The second kappa shape index (κ2) is 7.47. The van der Waals surface area contributed by atoms with Gasteiger partial charge >= 0.3 is 0 Å². The second-order valence-corrected chi connectivity index (χ2v) is 8.24. The second-order valence-electron chi connectivity index (χ2n) is 5.55. The number of carbonyl (C=O) groups excluding carboxylic acids is 1. The van der Waals surface area contributed by atoms with Gasteiger partial charge in [-0.15, -0.1) is 0 Å². The highest BCUT2D eigenvalue weighted by Gasteiger charge is 2.31. The molecule has 1 fully saturated rings. The van der Waals surface area contributed by atoms with E-state index in [0.717, 1.165) is 11.6 Å². The smallest absolute Gasteiger partial charge is 0.246 e. The molecule has 0 atom stereocenters. The van der Waals surface area contributed by atoms with E-state index in [9.17, 15) is 17.6 Å². The number of sulfonamides is 1. The molecule has 0 saturated carbocycles. The third-order valence-corrected chi connectivity index (χ3v) is 6.60. The minimum Gasteiger partial charge on any atom is -0.337 e. The third-order valence-electron chi connectivity index (χ3n) is 3.97. The molecule has 0 bridgehead atoms. The summed E-state index contributed by atoms with van der Waals surface area (Å²) in [4.78, 5) is 13.5. The maximum absolute atomic E-state index is 13.8. The lowest BCUT2D eigenvalue weighted by molar-refractivity contribution is -0.127. The van der Waals surface area contributed by atoms with Crippen LogP contribution in [0.15, 0.2) is 52.1 Å². The van der Waals surface area contributed by atoms with Crippen molar-refractivity contribution < 1.29 is 17.6 Å². The number of halogens is 1. The van der Waals surface area contributed by atoms with Gasteiger partial charge in [-0.3, -0.25) is 4.79 Å². The highest BCUT2D eigenvalue weighted by Crippen LogP contribution is 2.20. The zero-order valence-electron chi connectivity index (χ0n) is 13.3. The first-order chi connectivity index (χ1) is 12.0. The van der Waals surface area contributed by atoms with Crippen LogP contribution in [0.3, 0.4) is 0 Å². The number of thiophene rings is 1. The molecular weight excluding hydrogens is 363 g/mol. The van der Waals surface area contributed by atoms with Crippen LogP contribution in [0.5, 0.6) is 0 Å². The molecule has 2 aromatic rings. The molecule has 1 saturated heterocycles.